The topological polar surface area (TPSA) is 47.0 Å². The number of hydrogen-bond donors (Lipinski definition) is 0. The van der Waals surface area contributed by atoms with Gasteiger partial charge in [0.05, 0.1) is 4.90 Å². The van der Waals surface area contributed by atoms with Gasteiger partial charge in [0.2, 0.25) is 0 Å². The molecule has 0 aliphatic carbocycles. The molecule has 0 aliphatic rings. The van der Waals surface area contributed by atoms with Crippen LogP contribution in [0.5, 0.6) is 0 Å². The van der Waals surface area contributed by atoms with Gasteiger partial charge < -0.3 is 0 Å². The summed E-state index contributed by atoms with van der Waals surface area (Å²) in [6, 6.07) is 1.58. The molecule has 0 bridgehead atoms. The minimum absolute atomic E-state index is 0.345. The van der Waals surface area contributed by atoms with Gasteiger partial charge in [-0.2, -0.15) is 0 Å². The molecule has 3 nitrogen and oxygen atoms in total. The average Bonchev–Trinajstić information content (AvgIpc) is 2.01. The molecule has 0 aliphatic heterocycles. The van der Waals surface area contributed by atoms with Crippen molar-refractivity contribution >= 4 is 31.3 Å². The maximum Gasteiger partial charge on any atom is 0.280 e. The molecule has 0 atom stereocenters. The van der Waals surface area contributed by atoms with Crippen molar-refractivity contribution in [3.05, 3.63) is 23.0 Å². The van der Waals surface area contributed by atoms with Crippen molar-refractivity contribution in [2.24, 2.45) is 0 Å². The molecule has 0 amide bonds. The molecule has 1 aromatic rings. The molecule has 8 heteroatoms. The Labute approximate surface area is 88.1 Å². The van der Waals surface area contributed by atoms with Gasteiger partial charge in [-0.15, -0.1) is 0 Å². The fourth-order valence-corrected chi connectivity index (χ4v) is 1.81. The van der Waals surface area contributed by atoms with E-state index in [1.807, 2.05) is 0 Å². The highest BCUT2D eigenvalue weighted by atomic mass is 35.7. The monoisotopic (exact) mass is 261 g/mol. The van der Waals surface area contributed by atoms with Gasteiger partial charge in [0.25, 0.3) is 15.5 Å². The van der Waals surface area contributed by atoms with Gasteiger partial charge in [-0.3, -0.25) is 0 Å². The fourth-order valence-electron chi connectivity index (χ4n) is 0.745. The van der Waals surface area contributed by atoms with Gasteiger partial charge in [-0.1, -0.05) is 11.6 Å². The lowest BCUT2D eigenvalue weighted by Crippen LogP contribution is -1.97. The van der Waals surface area contributed by atoms with E-state index < -0.39 is 26.1 Å². The molecule has 1 aromatic heterocycles. The first-order chi connectivity index (χ1) is 6.30. The van der Waals surface area contributed by atoms with Crippen molar-refractivity contribution < 1.29 is 17.2 Å². The number of hydrogen-bond acceptors (Lipinski definition) is 3. The standard InChI is InChI=1S/C6H3Cl2F2NO2S/c7-5-2-3(14(8,12)13)1-4(11-5)6(9)10/h1-2,6H. The minimum atomic E-state index is -4.07. The van der Waals surface area contributed by atoms with E-state index >= 15 is 0 Å². The van der Waals surface area contributed by atoms with E-state index in [0.29, 0.717) is 6.07 Å². The van der Waals surface area contributed by atoms with Crippen LogP contribution in [-0.4, -0.2) is 13.4 Å². The van der Waals surface area contributed by atoms with Crippen LogP contribution < -0.4 is 0 Å². The maximum atomic E-state index is 12.2. The van der Waals surface area contributed by atoms with Crippen molar-refractivity contribution in [2.45, 2.75) is 11.3 Å². The van der Waals surface area contributed by atoms with Crippen molar-refractivity contribution in [1.82, 2.24) is 4.98 Å². The van der Waals surface area contributed by atoms with E-state index in [1.165, 1.54) is 0 Å². The summed E-state index contributed by atoms with van der Waals surface area (Å²) in [5.41, 5.74) is -0.725. The second kappa shape index (κ2) is 3.96. The van der Waals surface area contributed by atoms with Gasteiger partial charge in [-0.25, -0.2) is 22.2 Å². The van der Waals surface area contributed by atoms with Crippen LogP contribution in [0.3, 0.4) is 0 Å². The van der Waals surface area contributed by atoms with Crippen LogP contribution in [0.25, 0.3) is 0 Å². The van der Waals surface area contributed by atoms with Crippen LogP contribution >= 0.6 is 22.3 Å². The molecule has 0 fully saturated rings. The lowest BCUT2D eigenvalue weighted by molar-refractivity contribution is 0.146. The van der Waals surface area contributed by atoms with E-state index in [2.05, 4.69) is 4.98 Å². The predicted molar refractivity (Wildman–Crippen MR) is 47.2 cm³/mol. The summed E-state index contributed by atoms with van der Waals surface area (Å²) in [7, 11) is 0.881. The van der Waals surface area contributed by atoms with Gasteiger partial charge in [0, 0.05) is 10.7 Å². The van der Waals surface area contributed by atoms with Gasteiger partial charge >= 0.3 is 0 Å². The molecule has 1 heterocycles. The molecular formula is C6H3Cl2F2NO2S. The van der Waals surface area contributed by atoms with Crippen LogP contribution in [0, 0.1) is 0 Å². The highest BCUT2D eigenvalue weighted by Crippen LogP contribution is 2.24. The molecule has 1 rings (SSSR count). The molecule has 0 radical (unpaired) electrons. The summed E-state index contributed by atoms with van der Waals surface area (Å²) in [6.45, 7) is 0. The Bertz CT molecular complexity index is 449. The molecule has 0 saturated carbocycles. The quantitative estimate of drug-likeness (QED) is 0.608. The Morgan fingerprint density at radius 3 is 2.36 bits per heavy atom. The number of pyridine rings is 1. The first-order valence-electron chi connectivity index (χ1n) is 3.21. The Balaban J connectivity index is 3.35. The molecule has 14 heavy (non-hydrogen) atoms. The number of halogens is 4. The van der Waals surface area contributed by atoms with E-state index in [9.17, 15) is 17.2 Å². The molecule has 0 N–H and O–H groups in total. The third kappa shape index (κ3) is 2.76. The molecular weight excluding hydrogens is 259 g/mol. The van der Waals surface area contributed by atoms with Crippen molar-refractivity contribution in [2.75, 3.05) is 0 Å². The molecule has 0 aromatic carbocycles. The van der Waals surface area contributed by atoms with Gasteiger partial charge in [0.1, 0.15) is 10.8 Å². The fraction of sp³-hybridized carbons (Fsp3) is 0.167. The zero-order chi connectivity index (χ0) is 10.9. The summed E-state index contributed by atoms with van der Waals surface area (Å²) in [6.07, 6.45) is -2.90. The maximum absolute atomic E-state index is 12.2. The number of nitrogens with zero attached hydrogens (tertiary/aromatic N) is 1. The zero-order valence-electron chi connectivity index (χ0n) is 6.42. The summed E-state index contributed by atoms with van der Waals surface area (Å²) >= 11 is 5.33. The van der Waals surface area contributed by atoms with Crippen LogP contribution in [0.4, 0.5) is 8.78 Å². The lowest BCUT2D eigenvalue weighted by Gasteiger charge is -2.01. The largest absolute Gasteiger partial charge is 0.280 e. The third-order valence-electron chi connectivity index (χ3n) is 1.29. The predicted octanol–water partition coefficient (Wildman–Crippen LogP) is 2.60. The summed E-state index contributed by atoms with van der Waals surface area (Å²) in [5, 5.41) is -0.345. The molecule has 0 spiro atoms. The van der Waals surface area contributed by atoms with E-state index in [0.717, 1.165) is 6.07 Å². The molecule has 0 unspecified atom stereocenters. The van der Waals surface area contributed by atoms with Crippen LogP contribution in [0.2, 0.25) is 5.15 Å². The lowest BCUT2D eigenvalue weighted by atomic mass is 10.4. The van der Waals surface area contributed by atoms with Crippen LogP contribution in [0.1, 0.15) is 12.1 Å². The zero-order valence-corrected chi connectivity index (χ0v) is 8.74. The Kier molecular flexibility index (Phi) is 3.28. The van der Waals surface area contributed by atoms with Crippen LogP contribution in [0.15, 0.2) is 17.0 Å². The van der Waals surface area contributed by atoms with Crippen molar-refractivity contribution in [3.8, 4) is 0 Å². The smallest absolute Gasteiger partial charge is 0.235 e. The second-order valence-electron chi connectivity index (χ2n) is 2.29. The van der Waals surface area contributed by atoms with Crippen LogP contribution in [-0.2, 0) is 9.05 Å². The highest BCUT2D eigenvalue weighted by molar-refractivity contribution is 8.13. The van der Waals surface area contributed by atoms with E-state index in [4.69, 9.17) is 22.3 Å². The molecule has 0 saturated heterocycles. The Morgan fingerprint density at radius 1 is 1.36 bits per heavy atom. The second-order valence-corrected chi connectivity index (χ2v) is 5.24. The first kappa shape index (κ1) is 11.6. The number of rotatable bonds is 2. The number of alkyl halides is 2. The number of aromatic nitrogens is 1. The summed E-state index contributed by atoms with van der Waals surface area (Å²) < 4.78 is 45.9. The Hall–Kier alpha value is -0.460. The van der Waals surface area contributed by atoms with Crippen molar-refractivity contribution in [3.63, 3.8) is 0 Å². The Morgan fingerprint density at radius 2 is 1.93 bits per heavy atom. The summed E-state index contributed by atoms with van der Waals surface area (Å²) in [5.74, 6) is 0. The van der Waals surface area contributed by atoms with Gasteiger partial charge in [-0.05, 0) is 12.1 Å². The van der Waals surface area contributed by atoms with Crippen molar-refractivity contribution in [1.29, 1.82) is 0 Å². The highest BCUT2D eigenvalue weighted by Gasteiger charge is 2.17. The first-order valence-corrected chi connectivity index (χ1v) is 5.90. The average molecular weight is 262 g/mol. The van der Waals surface area contributed by atoms with E-state index in [1.54, 1.807) is 0 Å². The SMILES string of the molecule is O=S(=O)(Cl)c1cc(Cl)nc(C(F)F)c1. The molecule has 78 valence electrons. The third-order valence-corrected chi connectivity index (χ3v) is 2.82. The normalized spacial score (nSPS) is 12.1. The minimum Gasteiger partial charge on any atom is -0.235 e. The summed E-state index contributed by atoms with van der Waals surface area (Å²) in [4.78, 5) is 2.75. The van der Waals surface area contributed by atoms with Gasteiger partial charge in [0.15, 0.2) is 0 Å². The van der Waals surface area contributed by atoms with E-state index in [-0.39, 0.29) is 5.15 Å².